The van der Waals surface area contributed by atoms with Crippen LogP contribution in [-0.4, -0.2) is 28.9 Å². The Morgan fingerprint density at radius 3 is 2.12 bits per heavy atom. The first-order valence-corrected chi connectivity index (χ1v) is 6.09. The molecule has 1 heterocycles. The van der Waals surface area contributed by atoms with Gasteiger partial charge in [-0.1, -0.05) is 27.7 Å². The molecule has 0 aliphatic rings. The molecule has 4 nitrogen and oxygen atoms in total. The van der Waals surface area contributed by atoms with E-state index in [-0.39, 0.29) is 11.7 Å². The van der Waals surface area contributed by atoms with Crippen molar-refractivity contribution in [3.63, 3.8) is 0 Å². The van der Waals surface area contributed by atoms with E-state index in [2.05, 4.69) is 10.3 Å². The standard InChI is InChI=1S/C6H13NO.C5H8N2.C2H6/c1-5(2)6(8)4-7-3;1-5-3-7(2)4-6-5;1-2/h5,7H,4H2,1-3H3;3-4H,1-2H3;1-2H3. The van der Waals surface area contributed by atoms with E-state index in [0.717, 1.165) is 5.69 Å². The number of imidazole rings is 1. The Morgan fingerprint density at radius 2 is 2.00 bits per heavy atom. The molecule has 1 aromatic rings. The first-order chi connectivity index (χ1) is 7.97. The zero-order chi connectivity index (χ0) is 13.8. The third kappa shape index (κ3) is 11.1. The molecule has 4 heteroatoms. The number of likely N-dealkylation sites (N-methyl/N-ethyl adjacent to an activating group) is 1. The lowest BCUT2D eigenvalue weighted by molar-refractivity contribution is -0.120. The Morgan fingerprint density at radius 1 is 1.47 bits per heavy atom. The molecule has 1 aromatic heterocycles. The van der Waals surface area contributed by atoms with E-state index in [9.17, 15) is 4.79 Å². The van der Waals surface area contributed by atoms with Crippen molar-refractivity contribution in [3.05, 3.63) is 18.2 Å². The van der Waals surface area contributed by atoms with Crippen molar-refractivity contribution in [3.8, 4) is 0 Å². The number of hydrogen-bond donors (Lipinski definition) is 1. The lowest BCUT2D eigenvalue weighted by atomic mass is 10.1. The summed E-state index contributed by atoms with van der Waals surface area (Å²) in [4.78, 5) is 14.7. The lowest BCUT2D eigenvalue weighted by Gasteiger charge is -2.00. The van der Waals surface area contributed by atoms with Crippen LogP contribution in [0.2, 0.25) is 0 Å². The second-order valence-corrected chi connectivity index (χ2v) is 3.83. The molecule has 0 aromatic carbocycles. The largest absolute Gasteiger partial charge is 0.340 e. The summed E-state index contributed by atoms with van der Waals surface area (Å²) in [7, 11) is 3.74. The number of ketones is 1. The van der Waals surface area contributed by atoms with Crippen molar-refractivity contribution in [1.29, 1.82) is 0 Å². The predicted molar refractivity (Wildman–Crippen MR) is 73.1 cm³/mol. The van der Waals surface area contributed by atoms with Crippen LogP contribution in [0.5, 0.6) is 0 Å². The van der Waals surface area contributed by atoms with Crippen LogP contribution in [0.25, 0.3) is 0 Å². The molecule has 0 unspecified atom stereocenters. The summed E-state index contributed by atoms with van der Waals surface area (Å²) in [5.74, 6) is 0.440. The van der Waals surface area contributed by atoms with E-state index in [1.54, 1.807) is 13.4 Å². The molecule has 0 saturated carbocycles. The number of carbonyl (C=O) groups excluding carboxylic acids is 1. The van der Waals surface area contributed by atoms with Gasteiger partial charge in [-0.2, -0.15) is 0 Å². The molecular formula is C13H27N3O. The first kappa shape index (κ1) is 18.2. The fraction of sp³-hybridized carbons (Fsp3) is 0.692. The Balaban J connectivity index is 0. The number of rotatable bonds is 3. The first-order valence-electron chi connectivity index (χ1n) is 6.09. The number of nitrogens with one attached hydrogen (secondary N) is 1. The van der Waals surface area contributed by atoms with Gasteiger partial charge >= 0.3 is 0 Å². The fourth-order valence-corrected chi connectivity index (χ4v) is 0.922. The van der Waals surface area contributed by atoms with E-state index in [1.807, 2.05) is 52.4 Å². The van der Waals surface area contributed by atoms with Gasteiger partial charge in [0.05, 0.1) is 18.6 Å². The summed E-state index contributed by atoms with van der Waals surface area (Å²) in [6.45, 7) is 10.3. The Labute approximate surface area is 105 Å². The number of hydrogen-bond acceptors (Lipinski definition) is 3. The van der Waals surface area contributed by atoms with Gasteiger partial charge in [0.1, 0.15) is 5.78 Å². The lowest BCUT2D eigenvalue weighted by Crippen LogP contribution is -2.22. The quantitative estimate of drug-likeness (QED) is 0.882. The van der Waals surface area contributed by atoms with Crippen LogP contribution in [-0.2, 0) is 11.8 Å². The fourth-order valence-electron chi connectivity index (χ4n) is 0.922. The number of aryl methyl sites for hydroxylation is 2. The average molecular weight is 241 g/mol. The summed E-state index contributed by atoms with van der Waals surface area (Å²) in [5, 5.41) is 2.80. The van der Waals surface area contributed by atoms with Gasteiger partial charge in [0.25, 0.3) is 0 Å². The van der Waals surface area contributed by atoms with Crippen molar-refractivity contribution >= 4 is 5.78 Å². The zero-order valence-corrected chi connectivity index (χ0v) is 12.2. The smallest absolute Gasteiger partial charge is 0.149 e. The van der Waals surface area contributed by atoms with Crippen LogP contribution in [0, 0.1) is 12.8 Å². The third-order valence-corrected chi connectivity index (χ3v) is 1.83. The maximum Gasteiger partial charge on any atom is 0.149 e. The van der Waals surface area contributed by atoms with Gasteiger partial charge in [-0.15, -0.1) is 0 Å². The van der Waals surface area contributed by atoms with Gasteiger partial charge in [-0.3, -0.25) is 4.79 Å². The molecule has 1 rings (SSSR count). The van der Waals surface area contributed by atoms with E-state index in [4.69, 9.17) is 0 Å². The highest BCUT2D eigenvalue weighted by atomic mass is 16.1. The molecule has 17 heavy (non-hydrogen) atoms. The van der Waals surface area contributed by atoms with Crippen molar-refractivity contribution in [1.82, 2.24) is 14.9 Å². The van der Waals surface area contributed by atoms with E-state index >= 15 is 0 Å². The number of nitrogens with zero attached hydrogens (tertiary/aromatic N) is 2. The monoisotopic (exact) mass is 241 g/mol. The molecule has 0 saturated heterocycles. The van der Waals surface area contributed by atoms with E-state index < -0.39 is 0 Å². The van der Waals surface area contributed by atoms with Crippen molar-refractivity contribution in [2.75, 3.05) is 13.6 Å². The highest BCUT2D eigenvalue weighted by Crippen LogP contribution is 1.90. The molecule has 0 aliphatic heterocycles. The average Bonchev–Trinajstić information content (AvgIpc) is 2.66. The van der Waals surface area contributed by atoms with Crippen molar-refractivity contribution in [2.45, 2.75) is 34.6 Å². The third-order valence-electron chi connectivity index (χ3n) is 1.83. The van der Waals surface area contributed by atoms with Crippen LogP contribution < -0.4 is 5.32 Å². The normalized spacial score (nSPS) is 8.94. The summed E-state index contributed by atoms with van der Waals surface area (Å²) in [6.07, 6.45) is 3.76. The van der Waals surface area contributed by atoms with Crippen LogP contribution in [0.1, 0.15) is 33.4 Å². The molecule has 0 fully saturated rings. The summed E-state index contributed by atoms with van der Waals surface area (Å²) in [5.41, 5.74) is 1.07. The number of Topliss-reactive ketones (excluding diaryl/α,β-unsaturated/α-hetero) is 1. The second-order valence-electron chi connectivity index (χ2n) is 3.83. The van der Waals surface area contributed by atoms with Gasteiger partial charge in [0.2, 0.25) is 0 Å². The van der Waals surface area contributed by atoms with Crippen molar-refractivity contribution < 1.29 is 4.79 Å². The van der Waals surface area contributed by atoms with Gasteiger partial charge in [0.15, 0.2) is 0 Å². The SMILES string of the molecule is CC.CNCC(=O)C(C)C.Cc1cn(C)cn1. The van der Waals surface area contributed by atoms with Gasteiger partial charge < -0.3 is 9.88 Å². The van der Waals surface area contributed by atoms with Gasteiger partial charge in [0, 0.05) is 19.2 Å². The molecule has 1 N–H and O–H groups in total. The molecule has 0 atom stereocenters. The molecule has 0 spiro atoms. The minimum absolute atomic E-state index is 0.169. The van der Waals surface area contributed by atoms with Gasteiger partial charge in [-0.05, 0) is 14.0 Å². The van der Waals surface area contributed by atoms with Crippen LogP contribution in [0.15, 0.2) is 12.5 Å². The minimum atomic E-state index is 0.169. The maximum atomic E-state index is 10.7. The van der Waals surface area contributed by atoms with Crippen molar-refractivity contribution in [2.24, 2.45) is 13.0 Å². The minimum Gasteiger partial charge on any atom is -0.340 e. The summed E-state index contributed by atoms with van der Waals surface area (Å²) < 4.78 is 1.93. The zero-order valence-electron chi connectivity index (χ0n) is 12.2. The van der Waals surface area contributed by atoms with E-state index in [1.165, 1.54) is 0 Å². The van der Waals surface area contributed by atoms with Gasteiger partial charge in [-0.25, -0.2) is 4.98 Å². The molecule has 0 aliphatic carbocycles. The summed E-state index contributed by atoms with van der Waals surface area (Å²) >= 11 is 0. The highest BCUT2D eigenvalue weighted by Gasteiger charge is 2.03. The molecule has 0 radical (unpaired) electrons. The predicted octanol–water partition coefficient (Wildman–Crippen LogP) is 2.19. The Kier molecular flexibility index (Phi) is 12.1. The maximum absolute atomic E-state index is 10.7. The molecule has 0 amide bonds. The molecule has 100 valence electrons. The number of aromatic nitrogens is 2. The Hall–Kier alpha value is -1.16. The Bertz CT molecular complexity index is 276. The molecule has 0 bridgehead atoms. The van der Waals surface area contributed by atoms with Crippen LogP contribution >= 0.6 is 0 Å². The van der Waals surface area contributed by atoms with Crippen LogP contribution in [0.4, 0.5) is 0 Å². The van der Waals surface area contributed by atoms with E-state index in [0.29, 0.717) is 6.54 Å². The molecular weight excluding hydrogens is 214 g/mol. The number of carbonyl (C=O) groups is 1. The summed E-state index contributed by atoms with van der Waals surface area (Å²) in [6, 6.07) is 0. The van der Waals surface area contributed by atoms with Crippen LogP contribution in [0.3, 0.4) is 0 Å². The highest BCUT2D eigenvalue weighted by molar-refractivity contribution is 5.82. The second kappa shape index (κ2) is 11.3. The topological polar surface area (TPSA) is 46.9 Å².